The van der Waals surface area contributed by atoms with Gasteiger partial charge < -0.3 is 26.8 Å². The fourth-order valence-electron chi connectivity index (χ4n) is 7.17. The zero-order valence-electron chi connectivity index (χ0n) is 28.7. The van der Waals surface area contributed by atoms with Crippen molar-refractivity contribution in [3.63, 3.8) is 0 Å². The Morgan fingerprint density at radius 1 is 0.818 bits per heavy atom. The molecule has 1 amide bonds. The third-order valence-electron chi connectivity index (χ3n) is 9.87. The number of ketones is 1. The number of unbranched alkanes of at least 4 members (excludes halogenated alkanes) is 5. The first kappa shape index (κ1) is 38.2. The van der Waals surface area contributed by atoms with Gasteiger partial charge in [0.15, 0.2) is 5.78 Å². The number of piperidine rings is 1. The molecule has 6 heteroatoms. The molecular formula is C38H60BrN3O2. The van der Waals surface area contributed by atoms with Gasteiger partial charge >= 0.3 is 0 Å². The Kier molecular flexibility index (Phi) is 16.9. The van der Waals surface area contributed by atoms with Crippen LogP contribution in [0.3, 0.4) is 0 Å². The minimum atomic E-state index is -0.0105. The van der Waals surface area contributed by atoms with Gasteiger partial charge in [0.05, 0.1) is 25.7 Å². The summed E-state index contributed by atoms with van der Waals surface area (Å²) in [7, 11) is 0. The van der Waals surface area contributed by atoms with E-state index in [-0.39, 0.29) is 28.9 Å². The van der Waals surface area contributed by atoms with E-state index in [0.29, 0.717) is 18.7 Å². The Balaban J connectivity index is 0.00000675. The number of likely N-dealkylation sites (tertiary alicyclic amines) is 1. The number of aryl methyl sites for hydroxylation is 4. The molecule has 44 heavy (non-hydrogen) atoms. The largest absolute Gasteiger partial charge is 1.00 e. The summed E-state index contributed by atoms with van der Waals surface area (Å²) in [6, 6.07) is 12.5. The highest BCUT2D eigenvalue weighted by Crippen LogP contribution is 2.24. The SMILES string of the molecule is CCC[N+](CC)(CCCCCCCCN1CCCCC1C(=O)Nc1c(C)cccc1C)CC(=O)Cc1c(C)cccc1C.[Br-]. The Bertz CT molecular complexity index is 1140. The highest BCUT2D eigenvalue weighted by atomic mass is 79.9. The van der Waals surface area contributed by atoms with Crippen LogP contribution in [0.25, 0.3) is 0 Å². The molecule has 1 N–H and O–H groups in total. The van der Waals surface area contributed by atoms with E-state index in [1.165, 1.54) is 55.2 Å². The zero-order valence-corrected chi connectivity index (χ0v) is 30.2. The number of likely N-dealkylation sites (N-methyl/N-ethyl adjacent to an activating group) is 1. The molecule has 2 aromatic carbocycles. The summed E-state index contributed by atoms with van der Waals surface area (Å²) in [6.07, 6.45) is 12.3. The normalized spacial score (nSPS) is 16.6. The number of nitrogens with one attached hydrogen (secondary N) is 1. The standard InChI is InChI=1S/C38H59N3O2.BrH/c1-7-26-41(8-2,29-34(42)28-35-30(3)19-17-20-31(35)4)27-16-12-10-9-11-14-24-40-25-15-13-23-36(40)38(43)39-37-32(5)21-18-22-33(37)6;/h17-22,36H,7-16,23-29H2,1-6H3;1H. The number of benzene rings is 2. The molecule has 0 radical (unpaired) electrons. The number of nitrogens with zero attached hydrogens (tertiary/aromatic N) is 2. The molecule has 0 spiro atoms. The van der Waals surface area contributed by atoms with Crippen LogP contribution in [0, 0.1) is 27.7 Å². The minimum absolute atomic E-state index is 0. The molecule has 1 aliphatic rings. The third kappa shape index (κ3) is 11.4. The lowest BCUT2D eigenvalue weighted by atomic mass is 9.97. The average Bonchev–Trinajstić information content (AvgIpc) is 2.98. The van der Waals surface area contributed by atoms with Gasteiger partial charge in [-0.1, -0.05) is 69.0 Å². The number of carbonyl (C=O) groups is 2. The first-order valence-corrected chi connectivity index (χ1v) is 17.2. The van der Waals surface area contributed by atoms with Crippen LogP contribution in [0.5, 0.6) is 0 Å². The molecule has 0 saturated carbocycles. The molecule has 3 rings (SSSR count). The van der Waals surface area contributed by atoms with Crippen molar-refractivity contribution in [2.75, 3.05) is 44.6 Å². The molecule has 1 heterocycles. The summed E-state index contributed by atoms with van der Waals surface area (Å²) in [4.78, 5) is 28.9. The van der Waals surface area contributed by atoms with Crippen LogP contribution in [0.2, 0.25) is 0 Å². The van der Waals surface area contributed by atoms with E-state index in [0.717, 1.165) is 79.7 Å². The van der Waals surface area contributed by atoms with Crippen LogP contribution in [0.4, 0.5) is 5.69 Å². The van der Waals surface area contributed by atoms with Crippen molar-refractivity contribution in [3.8, 4) is 0 Å². The molecule has 5 nitrogen and oxygen atoms in total. The zero-order chi connectivity index (χ0) is 31.2. The second-order valence-corrected chi connectivity index (χ2v) is 13.3. The Labute approximate surface area is 279 Å². The lowest BCUT2D eigenvalue weighted by Crippen LogP contribution is -3.00. The van der Waals surface area contributed by atoms with Crippen molar-refractivity contribution in [2.45, 2.75) is 118 Å². The minimum Gasteiger partial charge on any atom is -1.00 e. The maximum atomic E-state index is 13.3. The van der Waals surface area contributed by atoms with E-state index in [9.17, 15) is 9.59 Å². The first-order valence-electron chi connectivity index (χ1n) is 17.2. The molecule has 0 bridgehead atoms. The van der Waals surface area contributed by atoms with Crippen LogP contribution < -0.4 is 22.3 Å². The van der Waals surface area contributed by atoms with Gasteiger partial charge in [-0.15, -0.1) is 0 Å². The van der Waals surface area contributed by atoms with Crippen LogP contribution in [0.15, 0.2) is 36.4 Å². The van der Waals surface area contributed by atoms with Gasteiger partial charge in [-0.2, -0.15) is 0 Å². The highest BCUT2D eigenvalue weighted by molar-refractivity contribution is 5.96. The molecule has 0 aliphatic carbocycles. The monoisotopic (exact) mass is 669 g/mol. The maximum absolute atomic E-state index is 13.3. The van der Waals surface area contributed by atoms with E-state index in [1.54, 1.807) is 0 Å². The van der Waals surface area contributed by atoms with Gasteiger partial charge in [-0.25, -0.2) is 0 Å². The van der Waals surface area contributed by atoms with E-state index in [1.807, 2.05) is 6.07 Å². The number of Topliss-reactive ketones (excluding diaryl/α,β-unsaturated/α-hetero) is 1. The summed E-state index contributed by atoms with van der Waals surface area (Å²) >= 11 is 0. The van der Waals surface area contributed by atoms with E-state index < -0.39 is 0 Å². The number of rotatable bonds is 18. The number of para-hydroxylation sites is 1. The number of anilines is 1. The van der Waals surface area contributed by atoms with Crippen molar-refractivity contribution in [3.05, 3.63) is 64.2 Å². The quantitative estimate of drug-likeness (QED) is 0.177. The smallest absolute Gasteiger partial charge is 0.241 e. The number of amides is 1. The fourth-order valence-corrected chi connectivity index (χ4v) is 7.17. The second kappa shape index (κ2) is 19.5. The molecule has 1 aliphatic heterocycles. The first-order chi connectivity index (χ1) is 20.7. The molecular weight excluding hydrogens is 610 g/mol. The van der Waals surface area contributed by atoms with Gasteiger partial charge in [-0.3, -0.25) is 14.5 Å². The van der Waals surface area contributed by atoms with E-state index in [2.05, 4.69) is 82.1 Å². The fraction of sp³-hybridized carbons (Fsp3) is 0.632. The predicted molar refractivity (Wildman–Crippen MR) is 182 cm³/mol. The molecule has 1 fully saturated rings. The maximum Gasteiger partial charge on any atom is 0.241 e. The van der Waals surface area contributed by atoms with Gasteiger partial charge in [0.2, 0.25) is 5.91 Å². The van der Waals surface area contributed by atoms with Crippen molar-refractivity contribution >= 4 is 17.4 Å². The summed E-state index contributed by atoms with van der Waals surface area (Å²) in [5, 5.41) is 3.25. The lowest BCUT2D eigenvalue weighted by molar-refractivity contribution is -0.919. The van der Waals surface area contributed by atoms with E-state index in [4.69, 9.17) is 0 Å². The molecule has 1 saturated heterocycles. The number of hydrogen-bond donors (Lipinski definition) is 1. The lowest BCUT2D eigenvalue weighted by Gasteiger charge is -2.37. The van der Waals surface area contributed by atoms with Crippen molar-refractivity contribution in [1.82, 2.24) is 4.90 Å². The highest BCUT2D eigenvalue weighted by Gasteiger charge is 2.29. The topological polar surface area (TPSA) is 49.4 Å². The summed E-state index contributed by atoms with van der Waals surface area (Å²) in [6.45, 7) is 18.8. The van der Waals surface area contributed by atoms with Crippen molar-refractivity contribution in [2.24, 2.45) is 0 Å². The second-order valence-electron chi connectivity index (χ2n) is 13.3. The third-order valence-corrected chi connectivity index (χ3v) is 9.87. The molecule has 2 atom stereocenters. The number of halogens is 1. The molecule has 2 aromatic rings. The summed E-state index contributed by atoms with van der Waals surface area (Å²) < 4.78 is 0.931. The van der Waals surface area contributed by atoms with Gasteiger partial charge in [0, 0.05) is 12.1 Å². The molecule has 246 valence electrons. The van der Waals surface area contributed by atoms with Gasteiger partial charge in [-0.05, 0) is 114 Å². The number of carbonyl (C=O) groups excluding carboxylic acids is 2. The number of quaternary nitrogens is 1. The van der Waals surface area contributed by atoms with Gasteiger partial charge in [0.1, 0.15) is 6.54 Å². The summed E-state index contributed by atoms with van der Waals surface area (Å²) in [5.41, 5.74) is 6.92. The van der Waals surface area contributed by atoms with Crippen LogP contribution in [-0.2, 0) is 16.0 Å². The number of hydrogen-bond acceptors (Lipinski definition) is 3. The van der Waals surface area contributed by atoms with Crippen molar-refractivity contribution < 1.29 is 31.1 Å². The average molecular weight is 671 g/mol. The van der Waals surface area contributed by atoms with Crippen molar-refractivity contribution in [1.29, 1.82) is 0 Å². The van der Waals surface area contributed by atoms with Gasteiger partial charge in [0.25, 0.3) is 0 Å². The Morgan fingerprint density at radius 3 is 2.02 bits per heavy atom. The Morgan fingerprint density at radius 2 is 1.41 bits per heavy atom. The Hall–Kier alpha value is -2.02. The predicted octanol–water partition coefficient (Wildman–Crippen LogP) is 5.12. The van der Waals surface area contributed by atoms with Crippen LogP contribution in [0.1, 0.15) is 106 Å². The summed E-state index contributed by atoms with van der Waals surface area (Å²) in [5.74, 6) is 0.542. The molecule has 2 unspecified atom stereocenters. The van der Waals surface area contributed by atoms with Crippen LogP contribution >= 0.6 is 0 Å². The van der Waals surface area contributed by atoms with Crippen LogP contribution in [-0.4, -0.2) is 66.4 Å². The molecule has 0 aromatic heterocycles. The van der Waals surface area contributed by atoms with E-state index >= 15 is 0 Å².